The van der Waals surface area contributed by atoms with Crippen LogP contribution in [0.1, 0.15) is 29.4 Å². The average molecular weight is 429 g/mol. The van der Waals surface area contributed by atoms with E-state index in [1.54, 1.807) is 0 Å². The molecule has 2 aliphatic heterocycles. The minimum Gasteiger partial charge on any atom is -0.373 e. The van der Waals surface area contributed by atoms with Gasteiger partial charge in [-0.1, -0.05) is 42.5 Å². The van der Waals surface area contributed by atoms with Crippen molar-refractivity contribution in [2.45, 2.75) is 25.3 Å². The minimum absolute atomic E-state index is 0.0755. The molecule has 0 aliphatic carbocycles. The van der Waals surface area contributed by atoms with Gasteiger partial charge in [0.1, 0.15) is 11.6 Å². The van der Waals surface area contributed by atoms with Crippen LogP contribution in [0.5, 0.6) is 0 Å². The van der Waals surface area contributed by atoms with Crippen LogP contribution in [0.25, 0.3) is 11.1 Å². The number of hydrogen-bond acceptors (Lipinski definition) is 5. The number of hydrogen-bond donors (Lipinski definition) is 3. The first-order valence-corrected chi connectivity index (χ1v) is 11.2. The summed E-state index contributed by atoms with van der Waals surface area (Å²) in [4.78, 5) is 24.4. The normalized spacial score (nSPS) is 17.7. The summed E-state index contributed by atoms with van der Waals surface area (Å²) in [5, 5.41) is 9.65. The first kappa shape index (κ1) is 20.5. The van der Waals surface area contributed by atoms with Crippen molar-refractivity contribution in [2.24, 2.45) is 0 Å². The van der Waals surface area contributed by atoms with Crippen LogP contribution < -0.4 is 16.0 Å². The lowest BCUT2D eigenvalue weighted by Gasteiger charge is -2.21. The molecule has 2 aliphatic rings. The van der Waals surface area contributed by atoms with Gasteiger partial charge in [0, 0.05) is 43.9 Å². The van der Waals surface area contributed by atoms with Gasteiger partial charge in [-0.2, -0.15) is 0 Å². The Hall–Kier alpha value is -3.45. The predicted octanol–water partition coefficient (Wildman–Crippen LogP) is 3.85. The number of carbonyl (C=O) groups excluding carboxylic acids is 1. The Morgan fingerprint density at radius 2 is 1.84 bits per heavy atom. The largest absolute Gasteiger partial charge is 0.373 e. The third kappa shape index (κ3) is 4.16. The molecule has 2 amide bonds. The van der Waals surface area contributed by atoms with Crippen LogP contribution in [0.15, 0.2) is 54.6 Å². The van der Waals surface area contributed by atoms with Crippen molar-refractivity contribution in [1.29, 1.82) is 0 Å². The van der Waals surface area contributed by atoms with E-state index >= 15 is 0 Å². The number of aromatic nitrogens is 2. The van der Waals surface area contributed by atoms with Crippen molar-refractivity contribution in [3.8, 4) is 11.1 Å². The molecule has 5 rings (SSSR count). The molecular formula is C25H28N6O. The fourth-order valence-electron chi connectivity index (χ4n) is 4.50. The second kappa shape index (κ2) is 8.96. The number of likely N-dealkylation sites (tertiary alicyclic amines) is 1. The van der Waals surface area contributed by atoms with Gasteiger partial charge in [0.15, 0.2) is 0 Å². The molecule has 1 aromatic heterocycles. The Bertz CT molecular complexity index is 1080. The third-order valence-corrected chi connectivity index (χ3v) is 6.27. The van der Waals surface area contributed by atoms with Crippen LogP contribution in [0.4, 0.5) is 16.3 Å². The van der Waals surface area contributed by atoms with E-state index in [1.165, 1.54) is 5.56 Å². The van der Waals surface area contributed by atoms with Crippen molar-refractivity contribution in [2.75, 3.05) is 37.3 Å². The van der Waals surface area contributed by atoms with E-state index in [0.29, 0.717) is 13.1 Å². The third-order valence-electron chi connectivity index (χ3n) is 6.27. The molecule has 0 saturated carbocycles. The Morgan fingerprint density at radius 1 is 1.06 bits per heavy atom. The van der Waals surface area contributed by atoms with Crippen LogP contribution in [0.3, 0.4) is 0 Å². The summed E-state index contributed by atoms with van der Waals surface area (Å²) in [7, 11) is 1.91. The highest BCUT2D eigenvalue weighted by molar-refractivity contribution is 5.90. The fourth-order valence-corrected chi connectivity index (χ4v) is 4.50. The van der Waals surface area contributed by atoms with Gasteiger partial charge in [-0.15, -0.1) is 0 Å². The quantitative estimate of drug-likeness (QED) is 0.588. The number of fused-ring (bicyclic) bond motifs is 1. The monoisotopic (exact) mass is 428 g/mol. The molecule has 3 aromatic rings. The maximum Gasteiger partial charge on any atom is 0.321 e. The molecule has 1 saturated heterocycles. The highest BCUT2D eigenvalue weighted by Gasteiger charge is 2.30. The van der Waals surface area contributed by atoms with Crippen molar-refractivity contribution in [3.63, 3.8) is 0 Å². The molecule has 1 fully saturated rings. The average Bonchev–Trinajstić information content (AvgIpc) is 3.35. The number of amides is 2. The van der Waals surface area contributed by atoms with Crippen molar-refractivity contribution in [1.82, 2.24) is 20.2 Å². The molecule has 3 N–H and O–H groups in total. The molecule has 164 valence electrons. The zero-order valence-corrected chi connectivity index (χ0v) is 18.3. The fraction of sp³-hybridized carbons (Fsp3) is 0.320. The summed E-state index contributed by atoms with van der Waals surface area (Å²) in [5.41, 5.74) is 5.37. The summed E-state index contributed by atoms with van der Waals surface area (Å²) < 4.78 is 0. The van der Waals surface area contributed by atoms with Gasteiger partial charge in [0.25, 0.3) is 0 Å². The zero-order valence-electron chi connectivity index (χ0n) is 18.3. The Labute approximate surface area is 188 Å². The van der Waals surface area contributed by atoms with Gasteiger partial charge in [0.2, 0.25) is 0 Å². The lowest BCUT2D eigenvalue weighted by molar-refractivity contribution is 0.222. The minimum atomic E-state index is -0.0755. The van der Waals surface area contributed by atoms with Gasteiger partial charge >= 0.3 is 6.03 Å². The predicted molar refractivity (Wildman–Crippen MR) is 127 cm³/mol. The number of urea groups is 1. The summed E-state index contributed by atoms with van der Waals surface area (Å²) in [6.07, 6.45) is 1.81. The highest BCUT2D eigenvalue weighted by atomic mass is 16.2. The Morgan fingerprint density at radius 3 is 2.62 bits per heavy atom. The van der Waals surface area contributed by atoms with Crippen molar-refractivity contribution >= 4 is 17.5 Å². The second-order valence-electron chi connectivity index (χ2n) is 8.34. The van der Waals surface area contributed by atoms with E-state index in [1.807, 2.05) is 54.4 Å². The first-order valence-electron chi connectivity index (χ1n) is 11.2. The summed E-state index contributed by atoms with van der Waals surface area (Å²) in [5.74, 6) is 1.91. The molecule has 0 spiro atoms. The molecule has 0 radical (unpaired) electrons. The van der Waals surface area contributed by atoms with E-state index in [4.69, 9.17) is 9.97 Å². The summed E-state index contributed by atoms with van der Waals surface area (Å²) >= 11 is 0. The van der Waals surface area contributed by atoms with Crippen LogP contribution in [-0.2, 0) is 13.0 Å². The number of nitrogens with zero attached hydrogens (tertiary/aromatic N) is 3. The molecule has 7 nitrogen and oxygen atoms in total. The molecule has 32 heavy (non-hydrogen) atoms. The van der Waals surface area contributed by atoms with Gasteiger partial charge in [-0.05, 0) is 42.6 Å². The number of anilines is 2. The van der Waals surface area contributed by atoms with Gasteiger partial charge in [0.05, 0.1) is 5.69 Å². The van der Waals surface area contributed by atoms with Gasteiger partial charge < -0.3 is 20.9 Å². The second-order valence-corrected chi connectivity index (χ2v) is 8.34. The van der Waals surface area contributed by atoms with Gasteiger partial charge in [-0.3, -0.25) is 0 Å². The lowest BCUT2D eigenvalue weighted by Crippen LogP contribution is -2.33. The van der Waals surface area contributed by atoms with E-state index in [9.17, 15) is 4.79 Å². The number of nitrogens with one attached hydrogen (secondary N) is 3. The maximum absolute atomic E-state index is 12.9. The standard InChI is InChI=1S/C25H28N6O/c1-26-24-21-11-13-27-15-22(21)29-23(30-24)19-12-14-31(16-19)25(32)28-20-9-7-18(8-10-20)17-5-3-2-4-6-17/h2-10,19,27H,11-16H2,1H3,(H,28,32)(H,26,29,30). The lowest BCUT2D eigenvalue weighted by atomic mass is 10.0. The van der Waals surface area contributed by atoms with Crippen LogP contribution in [0.2, 0.25) is 0 Å². The summed E-state index contributed by atoms with van der Waals surface area (Å²) in [6.45, 7) is 3.05. The molecule has 3 heterocycles. The molecule has 1 atom stereocenters. The Balaban J connectivity index is 1.24. The van der Waals surface area contributed by atoms with Crippen molar-refractivity contribution < 1.29 is 4.79 Å². The van der Waals surface area contributed by atoms with Crippen LogP contribution >= 0.6 is 0 Å². The Kier molecular flexibility index (Phi) is 5.73. The van der Waals surface area contributed by atoms with Crippen LogP contribution in [0, 0.1) is 0 Å². The molecule has 1 unspecified atom stereocenters. The molecule has 2 aromatic carbocycles. The van der Waals surface area contributed by atoms with Gasteiger partial charge in [-0.25, -0.2) is 14.8 Å². The smallest absolute Gasteiger partial charge is 0.321 e. The van der Waals surface area contributed by atoms with Crippen molar-refractivity contribution in [3.05, 3.63) is 71.7 Å². The molecular weight excluding hydrogens is 400 g/mol. The van der Waals surface area contributed by atoms with Crippen LogP contribution in [-0.4, -0.2) is 47.6 Å². The highest BCUT2D eigenvalue weighted by Crippen LogP contribution is 2.29. The molecule has 7 heteroatoms. The topological polar surface area (TPSA) is 82.2 Å². The number of carbonyl (C=O) groups is 1. The zero-order chi connectivity index (χ0) is 21.9. The number of rotatable bonds is 4. The molecule has 0 bridgehead atoms. The van der Waals surface area contributed by atoms with E-state index < -0.39 is 0 Å². The SMILES string of the molecule is CNc1nc(C2CCN(C(=O)Nc3ccc(-c4ccccc4)cc3)C2)nc2c1CCNC2. The maximum atomic E-state index is 12.9. The summed E-state index contributed by atoms with van der Waals surface area (Å²) in [6, 6.07) is 18.1. The van der Waals surface area contributed by atoms with E-state index in [-0.39, 0.29) is 11.9 Å². The van der Waals surface area contributed by atoms with E-state index in [0.717, 1.165) is 60.1 Å². The first-order chi connectivity index (χ1) is 15.7. The number of benzene rings is 2. The van der Waals surface area contributed by atoms with E-state index in [2.05, 4.69) is 28.1 Å².